The average molecular weight is 587 g/mol. The van der Waals surface area contributed by atoms with E-state index in [-0.39, 0.29) is 11.1 Å². The number of carbonyl (C=O) groups excluding carboxylic acids is 4. The minimum atomic E-state index is -0.825. The van der Waals surface area contributed by atoms with E-state index < -0.39 is 24.0 Å². The molecule has 5 aromatic rings. The van der Waals surface area contributed by atoms with Gasteiger partial charge in [-0.05, 0) is 72.8 Å². The van der Waals surface area contributed by atoms with Gasteiger partial charge in [-0.1, -0.05) is 72.8 Å². The zero-order valence-corrected chi connectivity index (χ0v) is 23.2. The predicted molar refractivity (Wildman–Crippen MR) is 164 cm³/mol. The number of nitrogens with one attached hydrogen (secondary N) is 2. The molecular formula is C34H26N4O6. The van der Waals surface area contributed by atoms with Gasteiger partial charge in [-0.2, -0.15) is 11.0 Å². The first-order valence-electron chi connectivity index (χ1n) is 13.4. The molecule has 10 heteroatoms. The fourth-order valence-electron chi connectivity index (χ4n) is 4.19. The lowest BCUT2D eigenvalue weighted by atomic mass is 10.1. The molecule has 44 heavy (non-hydrogen) atoms. The summed E-state index contributed by atoms with van der Waals surface area (Å²) in [5, 5.41) is 0. The molecule has 5 aromatic carbocycles. The minimum absolute atomic E-state index is 0.122. The Balaban J connectivity index is 1.19. The molecule has 0 saturated heterocycles. The summed E-state index contributed by atoms with van der Waals surface area (Å²) in [6, 6.07) is 40.8. The molecule has 0 heterocycles. The topological polar surface area (TPSA) is 117 Å². The fourth-order valence-corrected chi connectivity index (χ4v) is 4.19. The zero-order valence-electron chi connectivity index (χ0n) is 23.2. The SMILES string of the molecule is O=C(NOC(=O)N(c1ccccc1)c1ccccc1)c1ccc(C(=O)NOC(=O)N(c2ccccc2)c2ccccc2)cc1. The van der Waals surface area contributed by atoms with Crippen LogP contribution < -0.4 is 20.8 Å². The van der Waals surface area contributed by atoms with Gasteiger partial charge >= 0.3 is 12.2 Å². The molecule has 0 aromatic heterocycles. The smallest absolute Gasteiger partial charge is 0.321 e. The van der Waals surface area contributed by atoms with Crippen molar-refractivity contribution in [1.29, 1.82) is 0 Å². The number of rotatable bonds is 6. The molecule has 5 rings (SSSR count). The lowest BCUT2D eigenvalue weighted by molar-refractivity contribution is 0.0596. The Kier molecular flexibility index (Phi) is 9.23. The molecule has 0 atom stereocenters. The number of para-hydroxylation sites is 4. The number of hydrogen-bond donors (Lipinski definition) is 2. The Morgan fingerprint density at radius 2 is 0.636 bits per heavy atom. The summed E-state index contributed by atoms with van der Waals surface area (Å²) < 4.78 is 0. The molecule has 0 radical (unpaired) electrons. The number of nitrogens with zero attached hydrogens (tertiary/aromatic N) is 2. The van der Waals surface area contributed by atoms with Crippen LogP contribution in [0.3, 0.4) is 0 Å². The van der Waals surface area contributed by atoms with Crippen molar-refractivity contribution in [3.05, 3.63) is 157 Å². The van der Waals surface area contributed by atoms with Crippen molar-refractivity contribution in [3.63, 3.8) is 0 Å². The van der Waals surface area contributed by atoms with Crippen LogP contribution in [0.5, 0.6) is 0 Å². The minimum Gasteiger partial charge on any atom is -0.321 e. The van der Waals surface area contributed by atoms with Gasteiger partial charge in [0.2, 0.25) is 0 Å². The first-order valence-corrected chi connectivity index (χ1v) is 13.4. The van der Waals surface area contributed by atoms with Gasteiger partial charge in [0.25, 0.3) is 11.8 Å². The van der Waals surface area contributed by atoms with E-state index >= 15 is 0 Å². The molecule has 218 valence electrons. The molecule has 0 unspecified atom stereocenters. The van der Waals surface area contributed by atoms with Gasteiger partial charge in [-0.15, -0.1) is 0 Å². The van der Waals surface area contributed by atoms with E-state index in [2.05, 4.69) is 11.0 Å². The third-order valence-corrected chi connectivity index (χ3v) is 6.29. The van der Waals surface area contributed by atoms with E-state index in [1.165, 1.54) is 34.1 Å². The quantitative estimate of drug-likeness (QED) is 0.209. The maximum Gasteiger partial charge on any atom is 0.443 e. The maximum atomic E-state index is 13.0. The highest BCUT2D eigenvalue weighted by molar-refractivity contribution is 6.01. The Hall–Kier alpha value is -6.42. The highest BCUT2D eigenvalue weighted by Crippen LogP contribution is 2.27. The number of anilines is 4. The highest BCUT2D eigenvalue weighted by Gasteiger charge is 2.22. The third-order valence-electron chi connectivity index (χ3n) is 6.29. The summed E-state index contributed by atoms with van der Waals surface area (Å²) in [5.74, 6) is -1.42. The van der Waals surface area contributed by atoms with Crippen molar-refractivity contribution >= 4 is 46.8 Å². The molecule has 10 nitrogen and oxygen atoms in total. The largest absolute Gasteiger partial charge is 0.443 e. The molecule has 4 amide bonds. The van der Waals surface area contributed by atoms with E-state index in [1.54, 1.807) is 97.1 Å². The fraction of sp³-hybridized carbons (Fsp3) is 0. The van der Waals surface area contributed by atoms with Gasteiger partial charge in [0.05, 0.1) is 22.7 Å². The van der Waals surface area contributed by atoms with Gasteiger partial charge in [-0.3, -0.25) is 9.59 Å². The van der Waals surface area contributed by atoms with Crippen molar-refractivity contribution in [3.8, 4) is 0 Å². The lowest BCUT2D eigenvalue weighted by Crippen LogP contribution is -2.35. The van der Waals surface area contributed by atoms with Gasteiger partial charge in [-0.25, -0.2) is 19.4 Å². The summed E-state index contributed by atoms with van der Waals surface area (Å²) in [6.45, 7) is 0. The van der Waals surface area contributed by atoms with Crippen LogP contribution in [-0.2, 0) is 9.68 Å². The van der Waals surface area contributed by atoms with Gasteiger partial charge < -0.3 is 9.68 Å². The molecule has 0 saturated carbocycles. The summed E-state index contributed by atoms with van der Waals surface area (Å²) >= 11 is 0. The first-order chi connectivity index (χ1) is 21.5. The monoisotopic (exact) mass is 586 g/mol. The van der Waals surface area contributed by atoms with Crippen LogP contribution in [0, 0.1) is 0 Å². The molecular weight excluding hydrogens is 560 g/mol. The van der Waals surface area contributed by atoms with Crippen LogP contribution in [0.2, 0.25) is 0 Å². The molecule has 0 bridgehead atoms. The van der Waals surface area contributed by atoms with Crippen molar-refractivity contribution in [2.24, 2.45) is 0 Å². The van der Waals surface area contributed by atoms with E-state index in [0.29, 0.717) is 22.7 Å². The zero-order chi connectivity index (χ0) is 30.7. The Bertz CT molecular complexity index is 1510. The van der Waals surface area contributed by atoms with Crippen LogP contribution in [0.15, 0.2) is 146 Å². The second kappa shape index (κ2) is 14.0. The van der Waals surface area contributed by atoms with E-state index in [4.69, 9.17) is 9.68 Å². The van der Waals surface area contributed by atoms with Crippen LogP contribution >= 0.6 is 0 Å². The molecule has 0 fully saturated rings. The van der Waals surface area contributed by atoms with Crippen molar-refractivity contribution in [1.82, 2.24) is 11.0 Å². The standard InChI is InChI=1S/C34H26N4O6/c39-31(35-43-33(41)37(27-13-5-1-6-14-27)28-15-7-2-8-16-28)25-21-23-26(24-22-25)32(40)36-44-34(42)38(29-17-9-3-10-18-29)30-19-11-4-12-20-30/h1-24H,(H,35,39)(H,36,40). The maximum absolute atomic E-state index is 13.0. The van der Waals surface area contributed by atoms with Crippen LogP contribution in [0.25, 0.3) is 0 Å². The average Bonchev–Trinajstić information content (AvgIpc) is 3.08. The lowest BCUT2D eigenvalue weighted by Gasteiger charge is -2.22. The van der Waals surface area contributed by atoms with E-state index in [0.717, 1.165) is 0 Å². The molecule has 0 aliphatic carbocycles. The summed E-state index contributed by atoms with van der Waals surface area (Å²) in [4.78, 5) is 64.2. The predicted octanol–water partition coefficient (Wildman–Crippen LogP) is 6.93. The van der Waals surface area contributed by atoms with Gasteiger partial charge in [0.15, 0.2) is 0 Å². The summed E-state index contributed by atoms with van der Waals surface area (Å²) in [7, 11) is 0. The van der Waals surface area contributed by atoms with Crippen molar-refractivity contribution in [2.75, 3.05) is 9.80 Å². The summed E-state index contributed by atoms with van der Waals surface area (Å²) in [5.41, 5.74) is 6.72. The Morgan fingerprint density at radius 1 is 0.386 bits per heavy atom. The Morgan fingerprint density at radius 3 is 0.886 bits per heavy atom. The van der Waals surface area contributed by atoms with Gasteiger partial charge in [0.1, 0.15) is 0 Å². The molecule has 0 aliphatic rings. The second-order valence-electron chi connectivity index (χ2n) is 9.19. The van der Waals surface area contributed by atoms with Crippen LogP contribution in [0.1, 0.15) is 20.7 Å². The van der Waals surface area contributed by atoms with Gasteiger partial charge in [0, 0.05) is 11.1 Å². The summed E-state index contributed by atoms with van der Waals surface area (Å²) in [6.07, 6.45) is -1.65. The van der Waals surface area contributed by atoms with Crippen molar-refractivity contribution < 1.29 is 28.9 Å². The van der Waals surface area contributed by atoms with E-state index in [1.807, 2.05) is 24.3 Å². The molecule has 2 N–H and O–H groups in total. The number of carbonyl (C=O) groups is 4. The first kappa shape index (κ1) is 29.1. The third kappa shape index (κ3) is 7.07. The van der Waals surface area contributed by atoms with Crippen LogP contribution in [-0.4, -0.2) is 24.0 Å². The van der Waals surface area contributed by atoms with E-state index in [9.17, 15) is 19.2 Å². The highest BCUT2D eigenvalue weighted by atomic mass is 16.7. The second-order valence-corrected chi connectivity index (χ2v) is 9.19. The van der Waals surface area contributed by atoms with Crippen LogP contribution in [0.4, 0.5) is 32.3 Å². The number of hydroxylamine groups is 2. The number of benzene rings is 5. The number of amides is 4. The van der Waals surface area contributed by atoms with Crippen molar-refractivity contribution in [2.45, 2.75) is 0 Å². The molecule has 0 aliphatic heterocycles. The molecule has 0 spiro atoms. The normalized spacial score (nSPS) is 10.2. The number of hydrogen-bond acceptors (Lipinski definition) is 6. The Labute approximate surface area is 253 Å².